The highest BCUT2D eigenvalue weighted by Crippen LogP contribution is 2.27. The zero-order valence-electron chi connectivity index (χ0n) is 12.6. The fraction of sp³-hybridized carbons (Fsp3) is 0.0556. The van der Waals surface area contributed by atoms with Gasteiger partial charge in [-0.2, -0.15) is 0 Å². The number of hydrogen-bond donors (Lipinski definition) is 2. The number of fused-ring (bicyclic) bond motifs is 1. The minimum Gasteiger partial charge on any atom is -0.346 e. The molecule has 0 bridgehead atoms. The molecule has 0 amide bonds. The van der Waals surface area contributed by atoms with Crippen molar-refractivity contribution in [1.29, 1.82) is 0 Å². The van der Waals surface area contributed by atoms with Gasteiger partial charge >= 0.3 is 0 Å². The lowest BCUT2D eigenvalue weighted by Gasteiger charge is -2.08. The van der Waals surface area contributed by atoms with Crippen LogP contribution in [-0.4, -0.2) is 19.9 Å². The summed E-state index contributed by atoms with van der Waals surface area (Å²) in [5.74, 6) is 0.763. The standard InChI is InChI=1S/C18H15N5/c1-12-2-4-13(5-3-12)23-17-10-16(21-11-22-17)14-6-8-19-18-15(14)7-9-20-18/h2-11H,1H3,(H,19,20)(H,21,22,23). The number of H-pyrrole nitrogens is 1. The fourth-order valence-electron chi connectivity index (χ4n) is 2.54. The second-order valence-corrected chi connectivity index (χ2v) is 5.38. The van der Waals surface area contributed by atoms with Crippen molar-refractivity contribution in [2.75, 3.05) is 5.32 Å². The van der Waals surface area contributed by atoms with Gasteiger partial charge in [0.15, 0.2) is 0 Å². The average molecular weight is 301 g/mol. The van der Waals surface area contributed by atoms with Crippen LogP contribution in [0.3, 0.4) is 0 Å². The molecular weight excluding hydrogens is 286 g/mol. The summed E-state index contributed by atoms with van der Waals surface area (Å²) in [6, 6.07) is 14.1. The Hall–Kier alpha value is -3.21. The maximum atomic E-state index is 4.40. The smallest absolute Gasteiger partial charge is 0.137 e. The number of nitrogens with zero attached hydrogens (tertiary/aromatic N) is 3. The number of aromatic amines is 1. The van der Waals surface area contributed by atoms with E-state index in [2.05, 4.69) is 44.3 Å². The summed E-state index contributed by atoms with van der Waals surface area (Å²) in [7, 11) is 0. The van der Waals surface area contributed by atoms with Crippen molar-refractivity contribution in [1.82, 2.24) is 19.9 Å². The first kappa shape index (κ1) is 13.5. The molecule has 0 aliphatic carbocycles. The Morgan fingerprint density at radius 3 is 2.70 bits per heavy atom. The Bertz CT molecular complexity index is 956. The third-order valence-electron chi connectivity index (χ3n) is 3.73. The van der Waals surface area contributed by atoms with E-state index in [4.69, 9.17) is 0 Å². The van der Waals surface area contributed by atoms with Gasteiger partial charge in [-0.15, -0.1) is 0 Å². The van der Waals surface area contributed by atoms with E-state index in [1.165, 1.54) is 5.56 Å². The molecule has 0 aliphatic rings. The first-order chi connectivity index (χ1) is 11.3. The highest BCUT2D eigenvalue weighted by atomic mass is 15.0. The lowest BCUT2D eigenvalue weighted by atomic mass is 10.1. The van der Waals surface area contributed by atoms with Crippen LogP contribution in [0, 0.1) is 6.92 Å². The van der Waals surface area contributed by atoms with Crippen molar-refractivity contribution in [2.24, 2.45) is 0 Å². The van der Waals surface area contributed by atoms with E-state index >= 15 is 0 Å². The maximum absolute atomic E-state index is 4.40. The summed E-state index contributed by atoms with van der Waals surface area (Å²) in [6.45, 7) is 2.07. The molecule has 0 aliphatic heterocycles. The molecule has 3 aromatic heterocycles. The van der Waals surface area contributed by atoms with Crippen LogP contribution in [0.15, 0.2) is 61.2 Å². The Balaban J connectivity index is 1.71. The molecule has 5 heteroatoms. The molecule has 2 N–H and O–H groups in total. The van der Waals surface area contributed by atoms with Crippen molar-refractivity contribution < 1.29 is 0 Å². The van der Waals surface area contributed by atoms with Gasteiger partial charge < -0.3 is 10.3 Å². The van der Waals surface area contributed by atoms with Crippen LogP contribution in [0.4, 0.5) is 11.5 Å². The Morgan fingerprint density at radius 1 is 0.957 bits per heavy atom. The summed E-state index contributed by atoms with van der Waals surface area (Å²) in [5.41, 5.74) is 4.98. The Morgan fingerprint density at radius 2 is 1.83 bits per heavy atom. The van der Waals surface area contributed by atoms with E-state index in [-0.39, 0.29) is 0 Å². The van der Waals surface area contributed by atoms with E-state index in [1.807, 2.05) is 36.5 Å². The molecule has 0 atom stereocenters. The molecule has 0 unspecified atom stereocenters. The molecule has 0 spiro atoms. The van der Waals surface area contributed by atoms with Crippen molar-refractivity contribution in [2.45, 2.75) is 6.92 Å². The topological polar surface area (TPSA) is 66.5 Å². The quantitative estimate of drug-likeness (QED) is 0.598. The van der Waals surface area contributed by atoms with Gasteiger partial charge in [0.25, 0.3) is 0 Å². The van der Waals surface area contributed by atoms with Crippen LogP contribution in [0.2, 0.25) is 0 Å². The third kappa shape index (κ3) is 2.64. The van der Waals surface area contributed by atoms with Crippen LogP contribution < -0.4 is 5.32 Å². The summed E-state index contributed by atoms with van der Waals surface area (Å²) >= 11 is 0. The molecule has 4 rings (SSSR count). The molecule has 4 aromatic rings. The van der Waals surface area contributed by atoms with Gasteiger partial charge in [0.1, 0.15) is 17.8 Å². The normalized spacial score (nSPS) is 10.8. The molecule has 23 heavy (non-hydrogen) atoms. The number of anilines is 2. The lowest BCUT2D eigenvalue weighted by Crippen LogP contribution is -1.96. The number of nitrogens with one attached hydrogen (secondary N) is 2. The zero-order chi connectivity index (χ0) is 15.6. The van der Waals surface area contributed by atoms with Gasteiger partial charge in [0, 0.05) is 35.1 Å². The van der Waals surface area contributed by atoms with Gasteiger partial charge in [0.2, 0.25) is 0 Å². The predicted molar refractivity (Wildman–Crippen MR) is 91.6 cm³/mol. The monoisotopic (exact) mass is 301 g/mol. The summed E-state index contributed by atoms with van der Waals surface area (Å²) in [6.07, 6.45) is 5.24. The van der Waals surface area contributed by atoms with Gasteiger partial charge in [-0.25, -0.2) is 15.0 Å². The van der Waals surface area contributed by atoms with Crippen molar-refractivity contribution >= 4 is 22.5 Å². The van der Waals surface area contributed by atoms with Crippen molar-refractivity contribution in [3.63, 3.8) is 0 Å². The van der Waals surface area contributed by atoms with Crippen LogP contribution in [0.5, 0.6) is 0 Å². The number of pyridine rings is 1. The van der Waals surface area contributed by atoms with Gasteiger partial charge in [-0.1, -0.05) is 17.7 Å². The number of aryl methyl sites for hydroxylation is 1. The number of hydrogen-bond acceptors (Lipinski definition) is 4. The SMILES string of the molecule is Cc1ccc(Nc2cc(-c3ccnc4[nH]ccc34)ncn2)cc1. The van der Waals surface area contributed by atoms with E-state index < -0.39 is 0 Å². The first-order valence-corrected chi connectivity index (χ1v) is 7.38. The lowest BCUT2D eigenvalue weighted by molar-refractivity contribution is 1.17. The minimum absolute atomic E-state index is 0.763. The predicted octanol–water partition coefficient (Wildman–Crippen LogP) is 4.07. The summed E-state index contributed by atoms with van der Waals surface area (Å²) < 4.78 is 0. The molecule has 0 saturated heterocycles. The number of aromatic nitrogens is 4. The largest absolute Gasteiger partial charge is 0.346 e. The maximum Gasteiger partial charge on any atom is 0.137 e. The molecule has 0 fully saturated rings. The first-order valence-electron chi connectivity index (χ1n) is 7.38. The molecule has 0 saturated carbocycles. The average Bonchev–Trinajstić information content (AvgIpc) is 3.06. The van der Waals surface area contributed by atoms with Crippen LogP contribution in [0.1, 0.15) is 5.56 Å². The summed E-state index contributed by atoms with van der Waals surface area (Å²) in [5, 5.41) is 4.36. The van der Waals surface area contributed by atoms with E-state index in [0.717, 1.165) is 33.8 Å². The third-order valence-corrected chi connectivity index (χ3v) is 3.73. The van der Waals surface area contributed by atoms with Crippen molar-refractivity contribution in [3.05, 3.63) is 66.7 Å². The van der Waals surface area contributed by atoms with Crippen LogP contribution in [0.25, 0.3) is 22.3 Å². The zero-order valence-corrected chi connectivity index (χ0v) is 12.6. The van der Waals surface area contributed by atoms with Crippen molar-refractivity contribution in [3.8, 4) is 11.3 Å². The van der Waals surface area contributed by atoms with Gasteiger partial charge in [0.05, 0.1) is 5.69 Å². The van der Waals surface area contributed by atoms with Gasteiger partial charge in [-0.3, -0.25) is 0 Å². The second-order valence-electron chi connectivity index (χ2n) is 5.38. The highest BCUT2D eigenvalue weighted by Gasteiger charge is 2.08. The molecule has 1 aromatic carbocycles. The highest BCUT2D eigenvalue weighted by molar-refractivity contribution is 5.92. The Labute approximate surface area is 133 Å². The minimum atomic E-state index is 0.763. The Kier molecular flexibility index (Phi) is 3.24. The number of rotatable bonds is 3. The summed E-state index contributed by atoms with van der Waals surface area (Å²) in [4.78, 5) is 16.1. The fourth-order valence-corrected chi connectivity index (χ4v) is 2.54. The van der Waals surface area contributed by atoms with E-state index in [9.17, 15) is 0 Å². The van der Waals surface area contributed by atoms with Crippen LogP contribution in [-0.2, 0) is 0 Å². The molecule has 0 radical (unpaired) electrons. The van der Waals surface area contributed by atoms with Crippen LogP contribution >= 0.6 is 0 Å². The second kappa shape index (κ2) is 5.53. The molecule has 3 heterocycles. The molecule has 5 nitrogen and oxygen atoms in total. The van der Waals surface area contributed by atoms with E-state index in [0.29, 0.717) is 0 Å². The molecule has 112 valence electrons. The number of benzene rings is 1. The van der Waals surface area contributed by atoms with E-state index in [1.54, 1.807) is 12.5 Å². The molecular formula is C18H15N5. The van der Waals surface area contributed by atoms with Gasteiger partial charge in [-0.05, 0) is 31.2 Å².